The molecule has 1 N–H and O–H groups in total. The Hall–Kier alpha value is -2.97. The first-order chi connectivity index (χ1) is 12.6. The van der Waals surface area contributed by atoms with Crippen LogP contribution in [0.25, 0.3) is 0 Å². The summed E-state index contributed by atoms with van der Waals surface area (Å²) < 4.78 is 64.5. The lowest BCUT2D eigenvalue weighted by atomic mass is 10.1. The van der Waals surface area contributed by atoms with Crippen LogP contribution in [0.1, 0.15) is 12.0 Å². The molecule has 0 bridgehead atoms. The fourth-order valence-corrected chi connectivity index (χ4v) is 2.80. The Morgan fingerprint density at radius 3 is 2.33 bits per heavy atom. The summed E-state index contributed by atoms with van der Waals surface area (Å²) in [6.45, 7) is -0.117. The van der Waals surface area contributed by atoms with E-state index in [1.54, 1.807) is 0 Å². The minimum absolute atomic E-state index is 0.117. The molecule has 0 spiro atoms. The Bertz CT molecular complexity index is 880. The minimum atomic E-state index is -4.49. The maximum atomic E-state index is 13.9. The van der Waals surface area contributed by atoms with Crippen LogP contribution in [-0.4, -0.2) is 18.4 Å². The van der Waals surface area contributed by atoms with Gasteiger partial charge in [-0.3, -0.25) is 9.59 Å². The Morgan fingerprint density at radius 2 is 1.74 bits per heavy atom. The monoisotopic (exact) mass is 384 g/mol. The van der Waals surface area contributed by atoms with Gasteiger partial charge in [0.15, 0.2) is 0 Å². The molecule has 0 aromatic heterocycles. The van der Waals surface area contributed by atoms with E-state index in [4.69, 9.17) is 0 Å². The highest BCUT2D eigenvalue weighted by Gasteiger charge is 2.36. The van der Waals surface area contributed by atoms with E-state index >= 15 is 0 Å². The minimum Gasteiger partial charge on any atom is -0.326 e. The lowest BCUT2D eigenvalue weighted by Crippen LogP contribution is -2.28. The fraction of sp³-hybridized carbons (Fsp3) is 0.222. The molecule has 1 atom stereocenters. The number of hydrogen-bond donors (Lipinski definition) is 1. The number of anilines is 2. The van der Waals surface area contributed by atoms with Crippen LogP contribution in [-0.2, 0) is 15.8 Å². The lowest BCUT2D eigenvalue weighted by molar-refractivity contribution is -0.137. The van der Waals surface area contributed by atoms with Crippen LogP contribution in [0, 0.1) is 17.6 Å². The smallest absolute Gasteiger partial charge is 0.326 e. The zero-order valence-electron chi connectivity index (χ0n) is 13.7. The molecule has 1 aliphatic rings. The summed E-state index contributed by atoms with van der Waals surface area (Å²) in [5.74, 6) is -3.61. The molecule has 1 heterocycles. The van der Waals surface area contributed by atoms with Gasteiger partial charge in [0, 0.05) is 24.7 Å². The summed E-state index contributed by atoms with van der Waals surface area (Å²) in [6, 6.07) is 6.62. The first-order valence-electron chi connectivity index (χ1n) is 7.88. The Morgan fingerprint density at radius 1 is 1.07 bits per heavy atom. The number of alkyl halides is 3. The van der Waals surface area contributed by atoms with Crippen molar-refractivity contribution in [3.05, 3.63) is 59.7 Å². The Labute approximate surface area is 150 Å². The number of amides is 2. The quantitative estimate of drug-likeness (QED) is 0.814. The highest BCUT2D eigenvalue weighted by molar-refractivity contribution is 6.03. The van der Waals surface area contributed by atoms with Crippen molar-refractivity contribution < 1.29 is 31.5 Å². The molecule has 27 heavy (non-hydrogen) atoms. The van der Waals surface area contributed by atoms with Gasteiger partial charge in [-0.2, -0.15) is 13.2 Å². The molecule has 9 heteroatoms. The lowest BCUT2D eigenvalue weighted by Gasteiger charge is -2.17. The van der Waals surface area contributed by atoms with Gasteiger partial charge < -0.3 is 10.2 Å². The molecule has 0 aliphatic carbocycles. The molecule has 2 aromatic carbocycles. The van der Waals surface area contributed by atoms with Gasteiger partial charge in [-0.25, -0.2) is 8.78 Å². The summed E-state index contributed by atoms with van der Waals surface area (Å²) in [4.78, 5) is 25.4. The first kappa shape index (κ1) is 18.8. The standard InChI is InChI=1S/C18H13F5N2O2/c19-12-3-6-15(14(20)8-12)25-9-10(7-16(25)26)17(27)24-13-4-1-11(2-5-13)18(21,22)23/h1-6,8,10H,7,9H2,(H,24,27). The third kappa shape index (κ3) is 4.07. The largest absolute Gasteiger partial charge is 0.416 e. The highest BCUT2D eigenvalue weighted by Crippen LogP contribution is 2.31. The number of benzene rings is 2. The number of hydrogen-bond acceptors (Lipinski definition) is 2. The van der Waals surface area contributed by atoms with Gasteiger partial charge in [0.1, 0.15) is 11.6 Å². The molecule has 0 radical (unpaired) electrons. The van der Waals surface area contributed by atoms with E-state index in [0.717, 1.165) is 41.3 Å². The number of nitrogens with one attached hydrogen (secondary N) is 1. The summed E-state index contributed by atoms with van der Waals surface area (Å²) in [7, 11) is 0. The highest BCUT2D eigenvalue weighted by atomic mass is 19.4. The fourth-order valence-electron chi connectivity index (χ4n) is 2.80. The average molecular weight is 384 g/mol. The van der Waals surface area contributed by atoms with E-state index < -0.39 is 41.1 Å². The molecular formula is C18H13F5N2O2. The molecule has 4 nitrogen and oxygen atoms in total. The van der Waals surface area contributed by atoms with E-state index in [1.165, 1.54) is 0 Å². The van der Waals surface area contributed by atoms with Crippen molar-refractivity contribution in [3.8, 4) is 0 Å². The Balaban J connectivity index is 1.69. The van der Waals surface area contributed by atoms with Crippen molar-refractivity contribution in [2.24, 2.45) is 5.92 Å². The second kappa shape index (κ2) is 6.98. The maximum Gasteiger partial charge on any atom is 0.416 e. The summed E-state index contributed by atoms with van der Waals surface area (Å²) >= 11 is 0. The SMILES string of the molecule is O=C(Nc1ccc(C(F)(F)F)cc1)C1CC(=O)N(c2ccc(F)cc2F)C1. The van der Waals surface area contributed by atoms with E-state index in [2.05, 4.69) is 5.32 Å². The molecule has 2 aromatic rings. The average Bonchev–Trinajstić information content (AvgIpc) is 2.96. The van der Waals surface area contributed by atoms with Gasteiger partial charge in [-0.1, -0.05) is 0 Å². The van der Waals surface area contributed by atoms with Crippen LogP contribution in [0.15, 0.2) is 42.5 Å². The van der Waals surface area contributed by atoms with Crippen molar-refractivity contribution in [2.45, 2.75) is 12.6 Å². The van der Waals surface area contributed by atoms with Crippen LogP contribution >= 0.6 is 0 Å². The third-order valence-corrected chi connectivity index (χ3v) is 4.18. The molecule has 1 saturated heterocycles. The molecule has 142 valence electrons. The number of carbonyl (C=O) groups excluding carboxylic acids is 2. The predicted octanol–water partition coefficient (Wildman–Crippen LogP) is 3.98. The van der Waals surface area contributed by atoms with E-state index in [1.807, 2.05) is 0 Å². The molecule has 0 saturated carbocycles. The van der Waals surface area contributed by atoms with Crippen molar-refractivity contribution in [1.82, 2.24) is 0 Å². The van der Waals surface area contributed by atoms with Crippen molar-refractivity contribution >= 4 is 23.2 Å². The second-order valence-corrected chi connectivity index (χ2v) is 6.07. The van der Waals surface area contributed by atoms with Gasteiger partial charge >= 0.3 is 6.18 Å². The van der Waals surface area contributed by atoms with E-state index in [0.29, 0.717) is 6.07 Å². The van der Waals surface area contributed by atoms with Gasteiger partial charge in [-0.15, -0.1) is 0 Å². The number of carbonyl (C=O) groups is 2. The molecular weight excluding hydrogens is 371 g/mol. The number of rotatable bonds is 3. The van der Waals surface area contributed by atoms with E-state index in [-0.39, 0.29) is 24.3 Å². The van der Waals surface area contributed by atoms with Gasteiger partial charge in [0.25, 0.3) is 0 Å². The number of halogens is 5. The van der Waals surface area contributed by atoms with Gasteiger partial charge in [0.05, 0.1) is 17.2 Å². The molecule has 1 fully saturated rings. The second-order valence-electron chi connectivity index (χ2n) is 6.07. The molecule has 3 rings (SSSR count). The van der Waals surface area contributed by atoms with Crippen LogP contribution < -0.4 is 10.2 Å². The van der Waals surface area contributed by atoms with Gasteiger partial charge in [-0.05, 0) is 36.4 Å². The summed E-state index contributed by atoms with van der Waals surface area (Å²) in [5.41, 5.74) is -0.840. The topological polar surface area (TPSA) is 49.4 Å². The molecule has 1 aliphatic heterocycles. The van der Waals surface area contributed by atoms with Crippen LogP contribution in [0.4, 0.5) is 33.3 Å². The first-order valence-corrected chi connectivity index (χ1v) is 7.88. The summed E-state index contributed by atoms with van der Waals surface area (Å²) in [5, 5.41) is 2.44. The molecule has 2 amide bonds. The zero-order valence-corrected chi connectivity index (χ0v) is 13.7. The van der Waals surface area contributed by atoms with E-state index in [9.17, 15) is 31.5 Å². The Kier molecular flexibility index (Phi) is 4.86. The van der Waals surface area contributed by atoms with Crippen molar-refractivity contribution in [1.29, 1.82) is 0 Å². The van der Waals surface area contributed by atoms with Crippen LogP contribution in [0.3, 0.4) is 0 Å². The van der Waals surface area contributed by atoms with Crippen LogP contribution in [0.2, 0.25) is 0 Å². The van der Waals surface area contributed by atoms with Gasteiger partial charge in [0.2, 0.25) is 11.8 Å². The van der Waals surface area contributed by atoms with Crippen LogP contribution in [0.5, 0.6) is 0 Å². The maximum absolute atomic E-state index is 13.9. The van der Waals surface area contributed by atoms with Crippen molar-refractivity contribution in [3.63, 3.8) is 0 Å². The normalized spacial score (nSPS) is 17.3. The zero-order chi connectivity index (χ0) is 19.8. The predicted molar refractivity (Wildman–Crippen MR) is 86.9 cm³/mol. The summed E-state index contributed by atoms with van der Waals surface area (Å²) in [6.07, 6.45) is -4.68. The third-order valence-electron chi connectivity index (χ3n) is 4.18. The number of nitrogens with zero attached hydrogens (tertiary/aromatic N) is 1. The van der Waals surface area contributed by atoms with Crippen molar-refractivity contribution in [2.75, 3.05) is 16.8 Å². The molecule has 1 unspecified atom stereocenters.